The van der Waals surface area contributed by atoms with Gasteiger partial charge in [0.05, 0.1) is 5.92 Å². The van der Waals surface area contributed by atoms with Gasteiger partial charge in [-0.2, -0.15) is 0 Å². The van der Waals surface area contributed by atoms with Crippen molar-refractivity contribution in [3.05, 3.63) is 42.0 Å². The molecule has 0 fully saturated rings. The lowest BCUT2D eigenvalue weighted by Gasteiger charge is -1.98. The summed E-state index contributed by atoms with van der Waals surface area (Å²) in [4.78, 5) is 10.7. The molecule has 0 aliphatic carbocycles. The molecule has 0 spiro atoms. The molecule has 1 aromatic rings. The van der Waals surface area contributed by atoms with Gasteiger partial charge in [-0.15, -0.1) is 0 Å². The van der Waals surface area contributed by atoms with Gasteiger partial charge in [0.2, 0.25) is 5.91 Å². The second kappa shape index (κ2) is 4.45. The molecule has 0 saturated heterocycles. The van der Waals surface area contributed by atoms with Crippen LogP contribution in [-0.2, 0) is 4.79 Å². The SMILES string of the molecule is CC(C=Cc1ccccc1)C(N)=O. The first-order valence-electron chi connectivity index (χ1n) is 4.22. The number of hydrogen-bond donors (Lipinski definition) is 1. The highest BCUT2D eigenvalue weighted by Crippen LogP contribution is 2.04. The third-order valence-electron chi connectivity index (χ3n) is 1.83. The number of amides is 1. The van der Waals surface area contributed by atoms with E-state index in [1.54, 1.807) is 13.0 Å². The van der Waals surface area contributed by atoms with E-state index in [1.165, 1.54) is 0 Å². The van der Waals surface area contributed by atoms with E-state index in [2.05, 4.69) is 0 Å². The summed E-state index contributed by atoms with van der Waals surface area (Å²) in [5.74, 6) is -0.507. The molecule has 2 N–H and O–H groups in total. The van der Waals surface area contributed by atoms with E-state index in [0.29, 0.717) is 0 Å². The summed E-state index contributed by atoms with van der Waals surface area (Å²) in [5, 5.41) is 0. The van der Waals surface area contributed by atoms with Crippen LogP contribution in [0.15, 0.2) is 36.4 Å². The van der Waals surface area contributed by atoms with Crippen LogP contribution in [-0.4, -0.2) is 5.91 Å². The lowest BCUT2D eigenvalue weighted by atomic mass is 10.1. The summed E-state index contributed by atoms with van der Waals surface area (Å²) in [6.07, 6.45) is 3.70. The van der Waals surface area contributed by atoms with Gasteiger partial charge < -0.3 is 5.73 Å². The topological polar surface area (TPSA) is 43.1 Å². The van der Waals surface area contributed by atoms with E-state index in [0.717, 1.165) is 5.56 Å². The van der Waals surface area contributed by atoms with Crippen LogP contribution in [0.4, 0.5) is 0 Å². The van der Waals surface area contributed by atoms with Crippen LogP contribution in [0.3, 0.4) is 0 Å². The molecule has 2 heteroatoms. The summed E-state index contributed by atoms with van der Waals surface area (Å²) >= 11 is 0. The van der Waals surface area contributed by atoms with Crippen LogP contribution >= 0.6 is 0 Å². The summed E-state index contributed by atoms with van der Waals surface area (Å²) in [7, 11) is 0. The second-order valence-electron chi connectivity index (χ2n) is 2.96. The standard InChI is InChI=1S/C11H13NO/c1-9(11(12)13)7-8-10-5-3-2-4-6-10/h2-9H,1H3,(H2,12,13). The third kappa shape index (κ3) is 3.11. The molecule has 1 atom stereocenters. The predicted molar refractivity (Wildman–Crippen MR) is 53.8 cm³/mol. The fourth-order valence-corrected chi connectivity index (χ4v) is 0.914. The molecule has 0 heterocycles. The van der Waals surface area contributed by atoms with Crippen molar-refractivity contribution in [2.75, 3.05) is 0 Å². The number of primary amides is 1. The van der Waals surface area contributed by atoms with Gasteiger partial charge in [0.25, 0.3) is 0 Å². The lowest BCUT2D eigenvalue weighted by molar-refractivity contribution is -0.119. The van der Waals surface area contributed by atoms with Gasteiger partial charge in [-0.05, 0) is 5.56 Å². The molecule has 0 aliphatic heterocycles. The highest BCUT2D eigenvalue weighted by molar-refractivity contribution is 5.79. The largest absolute Gasteiger partial charge is 0.369 e. The van der Waals surface area contributed by atoms with Crippen molar-refractivity contribution in [1.82, 2.24) is 0 Å². The molecule has 0 saturated carbocycles. The zero-order valence-corrected chi connectivity index (χ0v) is 7.60. The van der Waals surface area contributed by atoms with Crippen molar-refractivity contribution in [3.63, 3.8) is 0 Å². The number of nitrogens with two attached hydrogens (primary N) is 1. The molecule has 0 radical (unpaired) electrons. The Morgan fingerprint density at radius 2 is 2.00 bits per heavy atom. The van der Waals surface area contributed by atoms with Crippen molar-refractivity contribution >= 4 is 12.0 Å². The lowest BCUT2D eigenvalue weighted by Crippen LogP contribution is -2.18. The van der Waals surface area contributed by atoms with Gasteiger partial charge >= 0.3 is 0 Å². The average Bonchev–Trinajstić information content (AvgIpc) is 2.15. The maximum atomic E-state index is 10.7. The van der Waals surface area contributed by atoms with Crippen LogP contribution in [0.25, 0.3) is 6.08 Å². The van der Waals surface area contributed by atoms with Crippen LogP contribution in [0.2, 0.25) is 0 Å². The Balaban J connectivity index is 2.64. The molecule has 2 nitrogen and oxygen atoms in total. The number of benzene rings is 1. The van der Waals surface area contributed by atoms with Gasteiger partial charge in [0.1, 0.15) is 0 Å². The molecule has 0 aliphatic rings. The zero-order chi connectivity index (χ0) is 9.68. The van der Waals surface area contributed by atoms with Crippen molar-refractivity contribution < 1.29 is 4.79 Å². The first-order valence-corrected chi connectivity index (χ1v) is 4.22. The minimum Gasteiger partial charge on any atom is -0.369 e. The van der Waals surface area contributed by atoms with Gasteiger partial charge in [0, 0.05) is 0 Å². The fourth-order valence-electron chi connectivity index (χ4n) is 0.914. The minimum absolute atomic E-state index is 0.208. The Labute approximate surface area is 78.1 Å². The second-order valence-corrected chi connectivity index (χ2v) is 2.96. The zero-order valence-electron chi connectivity index (χ0n) is 7.60. The van der Waals surface area contributed by atoms with E-state index in [-0.39, 0.29) is 11.8 Å². The molecule has 1 amide bonds. The predicted octanol–water partition coefficient (Wildman–Crippen LogP) is 1.82. The molecule has 1 unspecified atom stereocenters. The molecule has 0 bridgehead atoms. The maximum absolute atomic E-state index is 10.7. The average molecular weight is 175 g/mol. The molecular weight excluding hydrogens is 162 g/mol. The molecule has 1 rings (SSSR count). The number of carbonyl (C=O) groups excluding carboxylic acids is 1. The van der Waals surface area contributed by atoms with E-state index < -0.39 is 0 Å². The molecule has 0 aromatic heterocycles. The molecule has 68 valence electrons. The summed E-state index contributed by atoms with van der Waals surface area (Å²) in [5.41, 5.74) is 6.19. The van der Waals surface area contributed by atoms with Crippen LogP contribution in [0.1, 0.15) is 12.5 Å². The van der Waals surface area contributed by atoms with E-state index in [1.807, 2.05) is 36.4 Å². The van der Waals surface area contributed by atoms with Crippen molar-refractivity contribution in [1.29, 1.82) is 0 Å². The van der Waals surface area contributed by atoms with Crippen molar-refractivity contribution in [2.45, 2.75) is 6.92 Å². The first kappa shape index (κ1) is 9.52. The van der Waals surface area contributed by atoms with Crippen LogP contribution < -0.4 is 5.73 Å². The quantitative estimate of drug-likeness (QED) is 0.748. The summed E-state index contributed by atoms with van der Waals surface area (Å²) in [6, 6.07) is 9.81. The van der Waals surface area contributed by atoms with Crippen LogP contribution in [0, 0.1) is 5.92 Å². The highest BCUT2D eigenvalue weighted by atomic mass is 16.1. The van der Waals surface area contributed by atoms with E-state index in [4.69, 9.17) is 5.73 Å². The monoisotopic (exact) mass is 175 g/mol. The van der Waals surface area contributed by atoms with E-state index in [9.17, 15) is 4.79 Å². The Morgan fingerprint density at radius 3 is 2.54 bits per heavy atom. The van der Waals surface area contributed by atoms with Crippen LogP contribution in [0.5, 0.6) is 0 Å². The Kier molecular flexibility index (Phi) is 3.26. The van der Waals surface area contributed by atoms with Crippen molar-refractivity contribution in [3.8, 4) is 0 Å². The normalized spacial score (nSPS) is 13.0. The third-order valence-corrected chi connectivity index (χ3v) is 1.83. The molecular formula is C11H13NO. The number of carbonyl (C=O) groups is 1. The van der Waals surface area contributed by atoms with Gasteiger partial charge in [-0.25, -0.2) is 0 Å². The summed E-state index contributed by atoms with van der Waals surface area (Å²) < 4.78 is 0. The maximum Gasteiger partial charge on any atom is 0.224 e. The molecule has 1 aromatic carbocycles. The highest BCUT2D eigenvalue weighted by Gasteiger charge is 2.01. The molecule has 13 heavy (non-hydrogen) atoms. The van der Waals surface area contributed by atoms with Gasteiger partial charge in [-0.3, -0.25) is 4.79 Å². The summed E-state index contributed by atoms with van der Waals surface area (Å²) in [6.45, 7) is 1.78. The van der Waals surface area contributed by atoms with Gasteiger partial charge in [0.15, 0.2) is 0 Å². The Bertz CT molecular complexity index is 303. The number of rotatable bonds is 3. The Morgan fingerprint density at radius 1 is 1.38 bits per heavy atom. The van der Waals surface area contributed by atoms with Gasteiger partial charge in [-0.1, -0.05) is 49.4 Å². The fraction of sp³-hybridized carbons (Fsp3) is 0.182. The Hall–Kier alpha value is -1.57. The smallest absolute Gasteiger partial charge is 0.224 e. The number of hydrogen-bond acceptors (Lipinski definition) is 1. The van der Waals surface area contributed by atoms with E-state index >= 15 is 0 Å². The van der Waals surface area contributed by atoms with Crippen molar-refractivity contribution in [2.24, 2.45) is 11.7 Å². The first-order chi connectivity index (χ1) is 6.20. The minimum atomic E-state index is -0.299.